The van der Waals surface area contributed by atoms with Crippen molar-refractivity contribution < 1.29 is 17.9 Å². The Morgan fingerprint density at radius 3 is 2.90 bits per heavy atom. The van der Waals surface area contributed by atoms with E-state index in [1.807, 2.05) is 0 Å². The first kappa shape index (κ1) is 15.0. The lowest BCUT2D eigenvalue weighted by Gasteiger charge is -2.09. The van der Waals surface area contributed by atoms with Gasteiger partial charge in [-0.1, -0.05) is 0 Å². The van der Waals surface area contributed by atoms with Crippen molar-refractivity contribution in [1.29, 1.82) is 0 Å². The van der Waals surface area contributed by atoms with Gasteiger partial charge in [0, 0.05) is 32.3 Å². The third kappa shape index (κ3) is 3.20. The summed E-state index contributed by atoms with van der Waals surface area (Å²) in [6.45, 7) is 1.93. The first-order valence-corrected chi connectivity index (χ1v) is 7.88. The number of carbonyl (C=O) groups is 1. The molecule has 2 heterocycles. The van der Waals surface area contributed by atoms with Crippen LogP contribution in [0, 0.1) is 5.92 Å². The van der Waals surface area contributed by atoms with Crippen LogP contribution in [0.15, 0.2) is 17.2 Å². The maximum Gasteiger partial charge on any atom is 0.267 e. The second-order valence-corrected chi connectivity index (χ2v) is 6.71. The van der Waals surface area contributed by atoms with Crippen molar-refractivity contribution >= 4 is 15.9 Å². The molecule has 1 fully saturated rings. The summed E-state index contributed by atoms with van der Waals surface area (Å²) in [6, 6.07) is 1.37. The maximum absolute atomic E-state index is 12.1. The van der Waals surface area contributed by atoms with Gasteiger partial charge in [-0.15, -0.1) is 0 Å². The lowest BCUT2D eigenvalue weighted by molar-refractivity contribution is 0.0937. The molecule has 8 heteroatoms. The monoisotopic (exact) mass is 301 g/mol. The summed E-state index contributed by atoms with van der Waals surface area (Å²) < 4.78 is 32.3. The van der Waals surface area contributed by atoms with Crippen LogP contribution >= 0.6 is 0 Å². The smallest absolute Gasteiger partial charge is 0.267 e. The predicted octanol–water partition coefficient (Wildman–Crippen LogP) is -0.300. The zero-order valence-electron chi connectivity index (χ0n) is 11.5. The molecule has 0 spiro atoms. The molecule has 1 aliphatic heterocycles. The van der Waals surface area contributed by atoms with E-state index in [1.165, 1.54) is 23.9 Å². The zero-order chi connectivity index (χ0) is 14.8. The molecule has 0 aromatic carbocycles. The fourth-order valence-electron chi connectivity index (χ4n) is 2.10. The number of nitrogens with zero attached hydrogens (tertiary/aromatic N) is 1. The molecule has 0 radical (unpaired) electrons. The fraction of sp³-hybridized carbons (Fsp3) is 0.583. The minimum atomic E-state index is -3.53. The van der Waals surface area contributed by atoms with E-state index in [0.29, 0.717) is 24.8 Å². The molecule has 0 saturated carbocycles. The van der Waals surface area contributed by atoms with Crippen LogP contribution < -0.4 is 10.0 Å². The summed E-state index contributed by atoms with van der Waals surface area (Å²) in [5.41, 5.74) is 0.317. The van der Waals surface area contributed by atoms with Gasteiger partial charge in [-0.3, -0.25) is 4.79 Å². The summed E-state index contributed by atoms with van der Waals surface area (Å²) in [7, 11) is -0.558. The van der Waals surface area contributed by atoms with Crippen LogP contribution in [0.4, 0.5) is 0 Å². The van der Waals surface area contributed by atoms with Crippen LogP contribution in [-0.2, 0) is 21.8 Å². The summed E-state index contributed by atoms with van der Waals surface area (Å²) in [5, 5.41) is 2.81. The van der Waals surface area contributed by atoms with Crippen molar-refractivity contribution in [2.45, 2.75) is 11.3 Å². The molecule has 0 bridgehead atoms. The fourth-order valence-corrected chi connectivity index (χ4v) is 2.90. The van der Waals surface area contributed by atoms with Gasteiger partial charge >= 0.3 is 0 Å². The molecule has 1 aromatic heterocycles. The molecule has 2 N–H and O–H groups in total. The molecule has 1 amide bonds. The number of carbonyl (C=O) groups excluding carboxylic acids is 1. The normalized spacial score (nSPS) is 19.2. The van der Waals surface area contributed by atoms with Crippen molar-refractivity contribution in [2.24, 2.45) is 13.0 Å². The summed E-state index contributed by atoms with van der Waals surface area (Å²) in [6.07, 6.45) is 2.35. The van der Waals surface area contributed by atoms with Gasteiger partial charge in [0.25, 0.3) is 5.91 Å². The van der Waals surface area contributed by atoms with E-state index >= 15 is 0 Å². The molecule has 1 saturated heterocycles. The van der Waals surface area contributed by atoms with E-state index in [-0.39, 0.29) is 10.8 Å². The van der Waals surface area contributed by atoms with Gasteiger partial charge in [0.05, 0.1) is 6.61 Å². The van der Waals surface area contributed by atoms with Gasteiger partial charge in [0.1, 0.15) is 10.6 Å². The Labute approximate surface area is 118 Å². The molecule has 0 aliphatic carbocycles. The highest BCUT2D eigenvalue weighted by molar-refractivity contribution is 7.89. The number of aryl methyl sites for hydroxylation is 1. The van der Waals surface area contributed by atoms with Crippen LogP contribution in [0.25, 0.3) is 0 Å². The topological polar surface area (TPSA) is 89.4 Å². The van der Waals surface area contributed by atoms with Crippen molar-refractivity contribution in [3.63, 3.8) is 0 Å². The Balaban J connectivity index is 2.06. The summed E-state index contributed by atoms with van der Waals surface area (Å²) in [5.74, 6) is 0.0525. The molecule has 112 valence electrons. The maximum atomic E-state index is 12.1. The van der Waals surface area contributed by atoms with E-state index in [1.54, 1.807) is 7.05 Å². The summed E-state index contributed by atoms with van der Waals surface area (Å²) in [4.78, 5) is 12.1. The van der Waals surface area contributed by atoms with Crippen LogP contribution in [0.1, 0.15) is 16.9 Å². The Kier molecular flexibility index (Phi) is 4.46. The third-order valence-electron chi connectivity index (χ3n) is 3.37. The van der Waals surface area contributed by atoms with Crippen molar-refractivity contribution in [2.75, 3.05) is 26.8 Å². The van der Waals surface area contributed by atoms with Crippen LogP contribution in [0.2, 0.25) is 0 Å². The van der Waals surface area contributed by atoms with Gasteiger partial charge in [0.15, 0.2) is 0 Å². The quantitative estimate of drug-likeness (QED) is 0.781. The second kappa shape index (κ2) is 5.94. The van der Waals surface area contributed by atoms with E-state index < -0.39 is 10.0 Å². The van der Waals surface area contributed by atoms with E-state index in [9.17, 15) is 13.2 Å². The van der Waals surface area contributed by atoms with Gasteiger partial charge in [-0.2, -0.15) is 0 Å². The van der Waals surface area contributed by atoms with E-state index in [2.05, 4.69) is 10.0 Å². The Bertz CT molecular complexity index is 588. The SMILES string of the molecule is CNS(=O)(=O)c1cc(C(=O)NC[C@@H]2CCOC2)n(C)c1. The standard InChI is InChI=1S/C12H19N3O4S/c1-13-20(17,18)10-5-11(15(2)7-10)12(16)14-6-9-3-4-19-8-9/h5,7,9,13H,3-4,6,8H2,1-2H3,(H,14,16)/t9-/m0/s1. The lowest BCUT2D eigenvalue weighted by atomic mass is 10.1. The molecule has 1 atom stereocenters. The Morgan fingerprint density at radius 2 is 2.30 bits per heavy atom. The predicted molar refractivity (Wildman–Crippen MR) is 72.9 cm³/mol. The molecule has 1 aliphatic rings. The van der Waals surface area contributed by atoms with Crippen molar-refractivity contribution in [3.8, 4) is 0 Å². The molecule has 2 rings (SSSR count). The number of amides is 1. The first-order valence-electron chi connectivity index (χ1n) is 6.40. The average molecular weight is 301 g/mol. The molecule has 1 aromatic rings. The highest BCUT2D eigenvalue weighted by Crippen LogP contribution is 2.14. The highest BCUT2D eigenvalue weighted by atomic mass is 32.2. The zero-order valence-corrected chi connectivity index (χ0v) is 12.4. The second-order valence-electron chi connectivity index (χ2n) is 4.82. The van der Waals surface area contributed by atoms with E-state index in [0.717, 1.165) is 13.0 Å². The number of sulfonamides is 1. The Hall–Kier alpha value is -1.38. The molecular formula is C12H19N3O4S. The molecule has 0 unspecified atom stereocenters. The number of rotatable bonds is 5. The number of ether oxygens (including phenoxy) is 1. The molecule has 7 nitrogen and oxygen atoms in total. The van der Waals surface area contributed by atoms with Gasteiger partial charge in [-0.25, -0.2) is 13.1 Å². The molecule has 20 heavy (non-hydrogen) atoms. The van der Waals surface area contributed by atoms with E-state index in [4.69, 9.17) is 4.74 Å². The lowest BCUT2D eigenvalue weighted by Crippen LogP contribution is -2.30. The first-order chi connectivity index (χ1) is 9.44. The number of hydrogen-bond acceptors (Lipinski definition) is 4. The molecular weight excluding hydrogens is 282 g/mol. The minimum absolute atomic E-state index is 0.0804. The van der Waals surface area contributed by atoms with Crippen molar-refractivity contribution in [1.82, 2.24) is 14.6 Å². The number of nitrogens with one attached hydrogen (secondary N) is 2. The average Bonchev–Trinajstić information content (AvgIpc) is 3.05. The number of aromatic nitrogens is 1. The highest BCUT2D eigenvalue weighted by Gasteiger charge is 2.21. The third-order valence-corrected chi connectivity index (χ3v) is 4.75. The Morgan fingerprint density at radius 1 is 1.55 bits per heavy atom. The van der Waals surface area contributed by atoms with Gasteiger partial charge < -0.3 is 14.6 Å². The van der Waals surface area contributed by atoms with Gasteiger partial charge in [0.2, 0.25) is 10.0 Å². The number of hydrogen-bond donors (Lipinski definition) is 2. The minimum Gasteiger partial charge on any atom is -0.381 e. The van der Waals surface area contributed by atoms with Crippen LogP contribution in [0.3, 0.4) is 0 Å². The van der Waals surface area contributed by atoms with Gasteiger partial charge in [-0.05, 0) is 19.5 Å². The summed E-state index contributed by atoms with van der Waals surface area (Å²) >= 11 is 0. The largest absolute Gasteiger partial charge is 0.381 e. The van der Waals surface area contributed by atoms with Crippen molar-refractivity contribution in [3.05, 3.63) is 18.0 Å². The van der Waals surface area contributed by atoms with Crippen LogP contribution in [0.5, 0.6) is 0 Å². The van der Waals surface area contributed by atoms with Crippen LogP contribution in [-0.4, -0.2) is 45.7 Å².